The van der Waals surface area contributed by atoms with Crippen LogP contribution in [0.5, 0.6) is 0 Å². The number of rotatable bonds is 2. The van der Waals surface area contributed by atoms with Gasteiger partial charge >= 0.3 is 6.09 Å². The van der Waals surface area contributed by atoms with Gasteiger partial charge in [0.25, 0.3) is 0 Å². The van der Waals surface area contributed by atoms with Gasteiger partial charge in [-0.05, 0) is 30.7 Å². The molecular weight excluding hydrogens is 206 g/mol. The van der Waals surface area contributed by atoms with Crippen molar-refractivity contribution in [1.29, 1.82) is 0 Å². The molecule has 2 rings (SSSR count). The van der Waals surface area contributed by atoms with Crippen LogP contribution in [0.1, 0.15) is 6.42 Å². The van der Waals surface area contributed by atoms with Crippen molar-refractivity contribution >= 4 is 17.5 Å². The normalized spacial score (nSPS) is 19.8. The number of benzene rings is 1. The van der Waals surface area contributed by atoms with Crippen molar-refractivity contribution < 1.29 is 9.90 Å². The Morgan fingerprint density at radius 3 is 2.75 bits per heavy atom. The summed E-state index contributed by atoms with van der Waals surface area (Å²) in [4.78, 5) is 12.6. The van der Waals surface area contributed by atoms with Crippen molar-refractivity contribution in [3.8, 4) is 0 Å². The van der Waals surface area contributed by atoms with Crippen LogP contribution < -0.4 is 16.0 Å². The predicted molar refractivity (Wildman–Crippen MR) is 62.6 cm³/mol. The SMILES string of the molecule is Nc1ccc(N2CCC(NC(=O)O)C2)cc1. The summed E-state index contributed by atoms with van der Waals surface area (Å²) in [5, 5.41) is 11.1. The van der Waals surface area contributed by atoms with Crippen LogP contribution in [0.25, 0.3) is 0 Å². The monoisotopic (exact) mass is 221 g/mol. The number of anilines is 2. The Bertz CT molecular complexity index is 377. The average Bonchev–Trinajstić information content (AvgIpc) is 2.66. The van der Waals surface area contributed by atoms with E-state index in [4.69, 9.17) is 10.8 Å². The van der Waals surface area contributed by atoms with E-state index < -0.39 is 6.09 Å². The molecule has 1 aliphatic rings. The quantitative estimate of drug-likeness (QED) is 0.654. The molecule has 1 fully saturated rings. The summed E-state index contributed by atoms with van der Waals surface area (Å²) in [6.45, 7) is 1.59. The van der Waals surface area contributed by atoms with Gasteiger partial charge in [0, 0.05) is 24.5 Å². The Kier molecular flexibility index (Phi) is 2.85. The minimum Gasteiger partial charge on any atom is -0.465 e. The van der Waals surface area contributed by atoms with Crippen LogP contribution in [-0.4, -0.2) is 30.3 Å². The highest BCUT2D eigenvalue weighted by atomic mass is 16.4. The molecule has 5 nitrogen and oxygen atoms in total. The summed E-state index contributed by atoms with van der Waals surface area (Å²) < 4.78 is 0. The average molecular weight is 221 g/mol. The molecule has 0 radical (unpaired) electrons. The summed E-state index contributed by atoms with van der Waals surface area (Å²) in [6, 6.07) is 7.65. The molecule has 16 heavy (non-hydrogen) atoms. The first-order valence-electron chi connectivity index (χ1n) is 5.25. The molecule has 1 saturated heterocycles. The third-order valence-corrected chi connectivity index (χ3v) is 2.77. The van der Waals surface area contributed by atoms with E-state index in [9.17, 15) is 4.79 Å². The highest BCUT2D eigenvalue weighted by Gasteiger charge is 2.23. The van der Waals surface area contributed by atoms with Gasteiger partial charge in [-0.2, -0.15) is 0 Å². The van der Waals surface area contributed by atoms with Crippen LogP contribution in [0, 0.1) is 0 Å². The lowest BCUT2D eigenvalue weighted by Crippen LogP contribution is -2.35. The lowest BCUT2D eigenvalue weighted by molar-refractivity contribution is 0.191. The number of nitrogens with one attached hydrogen (secondary N) is 1. The van der Waals surface area contributed by atoms with E-state index in [1.807, 2.05) is 24.3 Å². The van der Waals surface area contributed by atoms with Crippen LogP contribution in [0.2, 0.25) is 0 Å². The standard InChI is InChI=1S/C11H15N3O2/c12-8-1-3-10(4-2-8)14-6-5-9(7-14)13-11(15)16/h1-4,9,13H,5-7,12H2,(H,15,16). The largest absolute Gasteiger partial charge is 0.465 e. The Morgan fingerprint density at radius 1 is 1.44 bits per heavy atom. The van der Waals surface area contributed by atoms with Gasteiger partial charge in [0.15, 0.2) is 0 Å². The lowest BCUT2D eigenvalue weighted by Gasteiger charge is -2.18. The number of carbonyl (C=O) groups is 1. The summed E-state index contributed by atoms with van der Waals surface area (Å²) in [5.74, 6) is 0. The van der Waals surface area contributed by atoms with Gasteiger partial charge in [0.1, 0.15) is 0 Å². The van der Waals surface area contributed by atoms with E-state index in [1.165, 1.54) is 0 Å². The lowest BCUT2D eigenvalue weighted by atomic mass is 10.2. The molecule has 4 N–H and O–H groups in total. The second kappa shape index (κ2) is 4.30. The molecule has 86 valence electrons. The highest BCUT2D eigenvalue weighted by Crippen LogP contribution is 2.21. The van der Waals surface area contributed by atoms with Gasteiger partial charge in [-0.3, -0.25) is 0 Å². The third kappa shape index (κ3) is 2.36. The number of nitrogens with two attached hydrogens (primary N) is 1. The smallest absolute Gasteiger partial charge is 0.404 e. The van der Waals surface area contributed by atoms with Gasteiger partial charge in [0.2, 0.25) is 0 Å². The molecule has 1 aliphatic heterocycles. The minimum absolute atomic E-state index is 0.0232. The third-order valence-electron chi connectivity index (χ3n) is 2.77. The fraction of sp³-hybridized carbons (Fsp3) is 0.364. The number of nitrogens with zero attached hydrogens (tertiary/aromatic N) is 1. The van der Waals surface area contributed by atoms with Gasteiger partial charge in [-0.25, -0.2) is 4.79 Å². The first kappa shape index (κ1) is 10.6. The van der Waals surface area contributed by atoms with Crippen molar-refractivity contribution in [2.24, 2.45) is 0 Å². The number of amides is 1. The second-order valence-corrected chi connectivity index (χ2v) is 3.97. The van der Waals surface area contributed by atoms with Crippen molar-refractivity contribution in [2.75, 3.05) is 23.7 Å². The molecule has 0 saturated carbocycles. The maximum Gasteiger partial charge on any atom is 0.404 e. The van der Waals surface area contributed by atoms with E-state index in [1.54, 1.807) is 0 Å². The van der Waals surface area contributed by atoms with Gasteiger partial charge < -0.3 is 21.1 Å². The Hall–Kier alpha value is -1.91. The van der Waals surface area contributed by atoms with E-state index in [0.717, 1.165) is 30.9 Å². The molecule has 0 aliphatic carbocycles. The maximum absolute atomic E-state index is 10.5. The fourth-order valence-corrected chi connectivity index (χ4v) is 1.97. The Balaban J connectivity index is 1.98. The van der Waals surface area contributed by atoms with Gasteiger partial charge in [-0.1, -0.05) is 0 Å². The van der Waals surface area contributed by atoms with Crippen molar-refractivity contribution in [3.63, 3.8) is 0 Å². The van der Waals surface area contributed by atoms with Crippen LogP contribution in [-0.2, 0) is 0 Å². The highest BCUT2D eigenvalue weighted by molar-refractivity contribution is 5.65. The summed E-state index contributed by atoms with van der Waals surface area (Å²) in [6.07, 6.45) is -0.111. The zero-order chi connectivity index (χ0) is 11.5. The van der Waals surface area contributed by atoms with E-state index in [2.05, 4.69) is 10.2 Å². The molecule has 0 bridgehead atoms. The number of nitrogen functional groups attached to an aromatic ring is 1. The van der Waals surface area contributed by atoms with E-state index in [0.29, 0.717) is 0 Å². The zero-order valence-electron chi connectivity index (χ0n) is 8.89. The molecule has 1 aromatic rings. The number of hydrogen-bond donors (Lipinski definition) is 3. The fourth-order valence-electron chi connectivity index (χ4n) is 1.97. The minimum atomic E-state index is -0.954. The topological polar surface area (TPSA) is 78.6 Å². The molecule has 0 aromatic heterocycles. The Morgan fingerprint density at radius 2 is 2.12 bits per heavy atom. The second-order valence-electron chi connectivity index (χ2n) is 3.97. The van der Waals surface area contributed by atoms with Crippen molar-refractivity contribution in [2.45, 2.75) is 12.5 Å². The van der Waals surface area contributed by atoms with Gasteiger partial charge in [0.05, 0.1) is 6.04 Å². The van der Waals surface area contributed by atoms with Crippen LogP contribution in [0.15, 0.2) is 24.3 Å². The molecular formula is C11H15N3O2. The molecule has 1 atom stereocenters. The maximum atomic E-state index is 10.5. The number of hydrogen-bond acceptors (Lipinski definition) is 3. The van der Waals surface area contributed by atoms with Crippen LogP contribution in [0.3, 0.4) is 0 Å². The molecule has 1 unspecified atom stereocenters. The Labute approximate surface area is 93.9 Å². The molecule has 0 spiro atoms. The van der Waals surface area contributed by atoms with Gasteiger partial charge in [-0.15, -0.1) is 0 Å². The van der Waals surface area contributed by atoms with Crippen molar-refractivity contribution in [1.82, 2.24) is 5.32 Å². The first-order valence-corrected chi connectivity index (χ1v) is 5.25. The van der Waals surface area contributed by atoms with E-state index in [-0.39, 0.29) is 6.04 Å². The predicted octanol–water partition coefficient (Wildman–Crippen LogP) is 1.12. The van der Waals surface area contributed by atoms with Crippen molar-refractivity contribution in [3.05, 3.63) is 24.3 Å². The zero-order valence-corrected chi connectivity index (χ0v) is 8.89. The van der Waals surface area contributed by atoms with Crippen LogP contribution >= 0.6 is 0 Å². The molecule has 1 amide bonds. The first-order chi connectivity index (χ1) is 7.65. The summed E-state index contributed by atoms with van der Waals surface area (Å²) in [5.41, 5.74) is 7.44. The van der Waals surface area contributed by atoms with E-state index >= 15 is 0 Å². The molecule has 5 heteroatoms. The number of carboxylic acid groups (broad SMARTS) is 1. The van der Waals surface area contributed by atoms with Crippen LogP contribution in [0.4, 0.5) is 16.2 Å². The molecule has 1 aromatic carbocycles. The summed E-state index contributed by atoms with van der Waals surface area (Å²) in [7, 11) is 0. The molecule has 1 heterocycles. The summed E-state index contributed by atoms with van der Waals surface area (Å²) >= 11 is 0.